The second-order valence-electron chi connectivity index (χ2n) is 5.40. The Hall–Kier alpha value is -0.940. The van der Waals surface area contributed by atoms with Crippen molar-refractivity contribution in [1.29, 1.82) is 0 Å². The molecule has 1 saturated heterocycles. The third kappa shape index (κ3) is 3.76. The summed E-state index contributed by atoms with van der Waals surface area (Å²) in [6, 6.07) is 0.967. The molecule has 1 fully saturated rings. The van der Waals surface area contributed by atoms with Crippen molar-refractivity contribution in [3.8, 4) is 0 Å². The van der Waals surface area contributed by atoms with E-state index in [4.69, 9.17) is 5.11 Å². The maximum Gasteiger partial charge on any atom is 0.303 e. The molecule has 2 rings (SSSR count). The summed E-state index contributed by atoms with van der Waals surface area (Å²) in [5, 5.41) is 9.88. The van der Waals surface area contributed by atoms with Gasteiger partial charge < -0.3 is 5.11 Å². The maximum atomic E-state index is 10.6. The molecule has 1 atom stereocenters. The summed E-state index contributed by atoms with van der Waals surface area (Å²) in [4.78, 5) is 18.7. The van der Waals surface area contributed by atoms with Crippen LogP contribution in [-0.2, 0) is 11.2 Å². The number of rotatable bonds is 5. The number of piperidine rings is 1. The van der Waals surface area contributed by atoms with Crippen molar-refractivity contribution in [2.45, 2.75) is 58.0 Å². The van der Waals surface area contributed by atoms with Gasteiger partial charge in [-0.2, -0.15) is 0 Å². The summed E-state index contributed by atoms with van der Waals surface area (Å²) in [7, 11) is 0. The first-order chi connectivity index (χ1) is 9.08. The molecule has 0 bridgehead atoms. The Kier molecular flexibility index (Phi) is 4.93. The van der Waals surface area contributed by atoms with E-state index < -0.39 is 5.97 Å². The molecule has 1 unspecified atom stereocenters. The molecule has 1 aliphatic rings. The monoisotopic (exact) mass is 282 g/mol. The molecule has 2 heterocycles. The highest BCUT2D eigenvalue weighted by Gasteiger charge is 2.28. The van der Waals surface area contributed by atoms with Crippen LogP contribution in [0.2, 0.25) is 0 Å². The molecule has 0 radical (unpaired) electrons. The number of carboxylic acids is 1. The van der Waals surface area contributed by atoms with E-state index in [2.05, 4.69) is 23.7 Å². The van der Waals surface area contributed by atoms with Crippen LogP contribution >= 0.6 is 11.3 Å². The lowest BCUT2D eigenvalue weighted by molar-refractivity contribution is -0.136. The summed E-state index contributed by atoms with van der Waals surface area (Å²) >= 11 is 1.69. The minimum Gasteiger partial charge on any atom is -0.481 e. The van der Waals surface area contributed by atoms with Crippen LogP contribution in [0.3, 0.4) is 0 Å². The molecule has 106 valence electrons. The number of carbonyl (C=O) groups is 1. The molecule has 0 aromatic carbocycles. The molecule has 1 aliphatic heterocycles. The first-order valence-corrected chi connectivity index (χ1v) is 7.81. The van der Waals surface area contributed by atoms with Crippen molar-refractivity contribution in [1.82, 2.24) is 9.88 Å². The van der Waals surface area contributed by atoms with Crippen molar-refractivity contribution in [3.05, 3.63) is 16.1 Å². The number of nitrogens with zero attached hydrogens (tertiary/aromatic N) is 2. The Labute approximate surface area is 118 Å². The molecule has 0 amide bonds. The fourth-order valence-corrected chi connectivity index (χ4v) is 3.73. The van der Waals surface area contributed by atoms with Crippen LogP contribution in [0.25, 0.3) is 0 Å². The minimum absolute atomic E-state index is 0.195. The zero-order chi connectivity index (χ0) is 13.8. The molecule has 19 heavy (non-hydrogen) atoms. The summed E-state index contributed by atoms with van der Waals surface area (Å²) < 4.78 is 0. The third-order valence-electron chi connectivity index (χ3n) is 3.65. The number of aryl methyl sites for hydroxylation is 1. The minimum atomic E-state index is -0.739. The molecule has 4 nitrogen and oxygen atoms in total. The maximum absolute atomic E-state index is 10.6. The molecule has 0 saturated carbocycles. The molecular formula is C14H22N2O2S. The normalized spacial score (nSPS) is 20.9. The average Bonchev–Trinajstić information content (AvgIpc) is 2.85. The number of aromatic nitrogens is 1. The van der Waals surface area contributed by atoms with Crippen LogP contribution in [0, 0.1) is 0 Å². The van der Waals surface area contributed by atoms with Crippen LogP contribution in [-0.4, -0.2) is 33.5 Å². The number of aliphatic carboxylic acids is 1. The van der Waals surface area contributed by atoms with Crippen molar-refractivity contribution in [2.24, 2.45) is 0 Å². The van der Waals surface area contributed by atoms with Crippen molar-refractivity contribution in [2.75, 3.05) is 6.54 Å². The Balaban J connectivity index is 2.05. The van der Waals surface area contributed by atoms with E-state index >= 15 is 0 Å². The van der Waals surface area contributed by atoms with Crippen LogP contribution in [0.4, 0.5) is 0 Å². The highest BCUT2D eigenvalue weighted by atomic mass is 32.1. The van der Waals surface area contributed by atoms with Gasteiger partial charge in [0.05, 0.1) is 12.5 Å². The van der Waals surface area contributed by atoms with Gasteiger partial charge in [0.2, 0.25) is 0 Å². The zero-order valence-electron chi connectivity index (χ0n) is 11.6. The second-order valence-corrected chi connectivity index (χ2v) is 6.55. The Morgan fingerprint density at radius 2 is 2.37 bits per heavy atom. The number of likely N-dealkylation sites (tertiary alicyclic amines) is 1. The van der Waals surface area contributed by atoms with Crippen molar-refractivity contribution >= 4 is 17.3 Å². The quantitative estimate of drug-likeness (QED) is 0.901. The summed E-state index contributed by atoms with van der Waals surface area (Å²) in [6.45, 7) is 5.61. The topological polar surface area (TPSA) is 53.4 Å². The predicted molar refractivity (Wildman–Crippen MR) is 76.5 cm³/mol. The Bertz CT molecular complexity index is 431. The largest absolute Gasteiger partial charge is 0.481 e. The average molecular weight is 282 g/mol. The lowest BCUT2D eigenvalue weighted by Crippen LogP contribution is -2.38. The van der Waals surface area contributed by atoms with Gasteiger partial charge in [0.1, 0.15) is 5.01 Å². The van der Waals surface area contributed by atoms with Crippen molar-refractivity contribution in [3.63, 3.8) is 0 Å². The smallest absolute Gasteiger partial charge is 0.303 e. The lowest BCUT2D eigenvalue weighted by Gasteiger charge is -2.37. The van der Waals surface area contributed by atoms with Gasteiger partial charge in [-0.1, -0.05) is 6.42 Å². The van der Waals surface area contributed by atoms with Crippen LogP contribution in [0.1, 0.15) is 55.5 Å². The second kappa shape index (κ2) is 6.48. The predicted octanol–water partition coefficient (Wildman–Crippen LogP) is 3.10. The number of thiazole rings is 1. The van der Waals surface area contributed by atoms with E-state index in [-0.39, 0.29) is 6.42 Å². The van der Waals surface area contributed by atoms with E-state index in [0.29, 0.717) is 18.5 Å². The van der Waals surface area contributed by atoms with Gasteiger partial charge in [-0.25, -0.2) is 4.98 Å². The number of hydrogen-bond acceptors (Lipinski definition) is 4. The molecule has 5 heteroatoms. The third-order valence-corrected chi connectivity index (χ3v) is 4.81. The van der Waals surface area contributed by atoms with E-state index in [0.717, 1.165) is 16.4 Å². The van der Waals surface area contributed by atoms with E-state index in [1.807, 2.05) is 6.20 Å². The summed E-state index contributed by atoms with van der Waals surface area (Å²) in [5.41, 5.74) is 0. The fraction of sp³-hybridized carbons (Fsp3) is 0.714. The molecule has 1 aromatic heterocycles. The fourth-order valence-electron chi connectivity index (χ4n) is 2.66. The molecule has 1 aromatic rings. The SMILES string of the molecule is CC(C)N1CCCCC1c1ncc(CCC(=O)O)s1. The summed E-state index contributed by atoms with van der Waals surface area (Å²) in [5.74, 6) is -0.739. The highest BCUT2D eigenvalue weighted by Crippen LogP contribution is 2.34. The first kappa shape index (κ1) is 14.5. The Morgan fingerprint density at radius 3 is 3.05 bits per heavy atom. The standard InChI is InChI=1S/C14H22N2O2S/c1-10(2)16-8-4-3-5-12(16)14-15-9-11(19-14)6-7-13(17)18/h9-10,12H,3-8H2,1-2H3,(H,17,18). The number of carboxylic acid groups (broad SMARTS) is 1. The van der Waals surface area contributed by atoms with E-state index in [9.17, 15) is 4.79 Å². The first-order valence-electron chi connectivity index (χ1n) is 7.00. The lowest BCUT2D eigenvalue weighted by atomic mass is 10.0. The molecular weight excluding hydrogens is 260 g/mol. The molecule has 1 N–H and O–H groups in total. The number of hydrogen-bond donors (Lipinski definition) is 1. The van der Waals surface area contributed by atoms with E-state index in [1.165, 1.54) is 19.3 Å². The van der Waals surface area contributed by atoms with Crippen molar-refractivity contribution < 1.29 is 9.90 Å². The Morgan fingerprint density at radius 1 is 1.58 bits per heavy atom. The van der Waals surface area contributed by atoms with Gasteiger partial charge in [-0.15, -0.1) is 11.3 Å². The van der Waals surface area contributed by atoms with Crippen LogP contribution in [0.15, 0.2) is 6.20 Å². The van der Waals surface area contributed by atoms with Gasteiger partial charge in [-0.3, -0.25) is 9.69 Å². The van der Waals surface area contributed by atoms with Gasteiger partial charge in [0.15, 0.2) is 0 Å². The van der Waals surface area contributed by atoms with Gasteiger partial charge in [0, 0.05) is 17.1 Å². The van der Waals surface area contributed by atoms with Crippen LogP contribution < -0.4 is 0 Å². The van der Waals surface area contributed by atoms with Gasteiger partial charge >= 0.3 is 5.97 Å². The van der Waals surface area contributed by atoms with Crippen LogP contribution in [0.5, 0.6) is 0 Å². The van der Waals surface area contributed by atoms with Gasteiger partial charge in [-0.05, 0) is 39.7 Å². The van der Waals surface area contributed by atoms with Gasteiger partial charge in [0.25, 0.3) is 0 Å². The van der Waals surface area contributed by atoms with E-state index in [1.54, 1.807) is 11.3 Å². The zero-order valence-corrected chi connectivity index (χ0v) is 12.4. The molecule has 0 spiro atoms. The summed E-state index contributed by atoms with van der Waals surface area (Å²) in [6.07, 6.45) is 6.35. The molecule has 0 aliphatic carbocycles. The highest BCUT2D eigenvalue weighted by molar-refractivity contribution is 7.11.